The molecule has 0 amide bonds. The Kier molecular flexibility index (Phi) is 2.83. The second kappa shape index (κ2) is 3.67. The maximum absolute atomic E-state index is 4.14. The van der Waals surface area contributed by atoms with E-state index in [9.17, 15) is 0 Å². The van der Waals surface area contributed by atoms with Crippen LogP contribution in [0.15, 0.2) is 17.4 Å². The fourth-order valence-electron chi connectivity index (χ4n) is 1.59. The van der Waals surface area contributed by atoms with Gasteiger partial charge in [0.25, 0.3) is 0 Å². The lowest BCUT2D eigenvalue weighted by Gasteiger charge is -2.26. The van der Waals surface area contributed by atoms with Gasteiger partial charge >= 0.3 is 0 Å². The molecular formula is C9H17N2+. The van der Waals surface area contributed by atoms with E-state index in [1.54, 1.807) is 0 Å². The van der Waals surface area contributed by atoms with Gasteiger partial charge < -0.3 is 0 Å². The Morgan fingerprint density at radius 3 is 2.18 bits per heavy atom. The first kappa shape index (κ1) is 8.47. The van der Waals surface area contributed by atoms with Crippen LogP contribution in [0.1, 0.15) is 26.7 Å². The summed E-state index contributed by atoms with van der Waals surface area (Å²) in [5.74, 6) is 0. The number of nitrogens with zero attached hydrogens (tertiary/aromatic N) is 2. The summed E-state index contributed by atoms with van der Waals surface area (Å²) in [6, 6.07) is 0. The van der Waals surface area contributed by atoms with E-state index in [4.69, 9.17) is 0 Å². The highest BCUT2D eigenvalue weighted by Gasteiger charge is 2.22. The lowest BCUT2D eigenvalue weighted by atomic mass is 10.3. The molecule has 0 bridgehead atoms. The van der Waals surface area contributed by atoms with Crippen molar-refractivity contribution in [2.45, 2.75) is 26.7 Å². The average Bonchev–Trinajstić information content (AvgIpc) is 2.39. The van der Waals surface area contributed by atoms with Crippen molar-refractivity contribution in [2.24, 2.45) is 4.99 Å². The Labute approximate surface area is 68.8 Å². The predicted molar refractivity (Wildman–Crippen MR) is 48.2 cm³/mol. The first-order valence-electron chi connectivity index (χ1n) is 4.41. The second-order valence-corrected chi connectivity index (χ2v) is 3.11. The number of hydrogen-bond donors (Lipinski definition) is 0. The maximum atomic E-state index is 4.14. The standard InChI is InChI=1S/C9H17N2/c1-3-6-11(7-4-2)8-5-10-9-11/h5,8-9H,3-4,6-7H2,1-2H3/q+1. The number of rotatable bonds is 4. The topological polar surface area (TPSA) is 12.4 Å². The minimum atomic E-state index is 0.965. The van der Waals surface area contributed by atoms with E-state index in [-0.39, 0.29) is 0 Å². The van der Waals surface area contributed by atoms with Gasteiger partial charge in [0.2, 0.25) is 0 Å². The molecule has 0 radical (unpaired) electrons. The van der Waals surface area contributed by atoms with Crippen LogP contribution in [0.2, 0.25) is 0 Å². The first-order valence-corrected chi connectivity index (χ1v) is 4.41. The molecule has 1 heterocycles. The van der Waals surface area contributed by atoms with Crippen LogP contribution in [0.5, 0.6) is 0 Å². The molecule has 62 valence electrons. The zero-order valence-electron chi connectivity index (χ0n) is 7.45. The first-order chi connectivity index (χ1) is 5.33. The zero-order chi connectivity index (χ0) is 8.16. The molecule has 2 heteroatoms. The maximum Gasteiger partial charge on any atom is 0.194 e. The Morgan fingerprint density at radius 2 is 1.82 bits per heavy atom. The van der Waals surface area contributed by atoms with Crippen molar-refractivity contribution in [3.05, 3.63) is 12.4 Å². The molecule has 0 fully saturated rings. The van der Waals surface area contributed by atoms with Crippen molar-refractivity contribution < 1.29 is 4.48 Å². The highest BCUT2D eigenvalue weighted by Crippen LogP contribution is 2.12. The number of aliphatic imine (C=N–C) groups is 1. The van der Waals surface area contributed by atoms with Crippen molar-refractivity contribution in [3.63, 3.8) is 0 Å². The van der Waals surface area contributed by atoms with E-state index in [1.165, 1.54) is 25.9 Å². The van der Waals surface area contributed by atoms with Gasteiger partial charge in [-0.25, -0.2) is 4.99 Å². The van der Waals surface area contributed by atoms with Gasteiger partial charge in [0.15, 0.2) is 6.34 Å². The van der Waals surface area contributed by atoms with Gasteiger partial charge in [-0.05, 0) is 12.8 Å². The molecule has 0 N–H and O–H groups in total. The summed E-state index contributed by atoms with van der Waals surface area (Å²) < 4.78 is 0.965. The molecule has 11 heavy (non-hydrogen) atoms. The van der Waals surface area contributed by atoms with E-state index in [2.05, 4.69) is 25.0 Å². The molecule has 0 aromatic heterocycles. The Bertz CT molecular complexity index is 150. The summed E-state index contributed by atoms with van der Waals surface area (Å²) in [6.45, 7) is 6.81. The highest BCUT2D eigenvalue weighted by molar-refractivity contribution is 5.50. The SMILES string of the molecule is CCC[N+]1(CCC)C=CN=C1. The predicted octanol–water partition coefficient (Wildman–Crippen LogP) is 2.14. The third-order valence-electron chi connectivity index (χ3n) is 2.03. The lowest BCUT2D eigenvalue weighted by molar-refractivity contribution is -0.779. The van der Waals surface area contributed by atoms with Crippen LogP contribution in [0.3, 0.4) is 0 Å². The van der Waals surface area contributed by atoms with Crippen LogP contribution in [-0.4, -0.2) is 23.9 Å². The number of quaternary nitrogens is 1. The molecular weight excluding hydrogens is 136 g/mol. The third kappa shape index (κ3) is 1.90. The summed E-state index contributed by atoms with van der Waals surface area (Å²) in [6.07, 6.45) is 8.58. The van der Waals surface area contributed by atoms with Crippen molar-refractivity contribution >= 4 is 6.34 Å². The van der Waals surface area contributed by atoms with Gasteiger partial charge in [-0.3, -0.25) is 4.48 Å². The molecule has 0 saturated carbocycles. The van der Waals surface area contributed by atoms with Crippen molar-refractivity contribution in [1.29, 1.82) is 0 Å². The largest absolute Gasteiger partial charge is 0.254 e. The molecule has 2 nitrogen and oxygen atoms in total. The van der Waals surface area contributed by atoms with Crippen LogP contribution in [-0.2, 0) is 0 Å². The smallest absolute Gasteiger partial charge is 0.194 e. The van der Waals surface area contributed by atoms with E-state index in [0.29, 0.717) is 0 Å². The molecule has 0 aromatic carbocycles. The van der Waals surface area contributed by atoms with Crippen molar-refractivity contribution in [3.8, 4) is 0 Å². The Hall–Kier alpha value is -0.630. The summed E-state index contributed by atoms with van der Waals surface area (Å²) in [4.78, 5) is 4.14. The fraction of sp³-hybridized carbons (Fsp3) is 0.667. The van der Waals surface area contributed by atoms with Gasteiger partial charge in [-0.15, -0.1) is 0 Å². The molecule has 0 aromatic rings. The van der Waals surface area contributed by atoms with Crippen molar-refractivity contribution in [1.82, 2.24) is 0 Å². The van der Waals surface area contributed by atoms with Crippen LogP contribution < -0.4 is 0 Å². The van der Waals surface area contributed by atoms with Crippen LogP contribution in [0.4, 0.5) is 0 Å². The van der Waals surface area contributed by atoms with Crippen molar-refractivity contribution in [2.75, 3.05) is 13.1 Å². The normalized spacial score (nSPS) is 19.5. The quantitative estimate of drug-likeness (QED) is 0.549. The zero-order valence-corrected chi connectivity index (χ0v) is 7.45. The van der Waals surface area contributed by atoms with Crippen LogP contribution >= 0.6 is 0 Å². The minimum absolute atomic E-state index is 0.965. The molecule has 0 atom stereocenters. The van der Waals surface area contributed by atoms with E-state index < -0.39 is 0 Å². The minimum Gasteiger partial charge on any atom is -0.254 e. The highest BCUT2D eigenvalue weighted by atomic mass is 15.4. The summed E-state index contributed by atoms with van der Waals surface area (Å²) >= 11 is 0. The van der Waals surface area contributed by atoms with Gasteiger partial charge in [0.05, 0.1) is 19.3 Å². The van der Waals surface area contributed by atoms with Gasteiger partial charge in [-0.2, -0.15) is 0 Å². The fourth-order valence-corrected chi connectivity index (χ4v) is 1.59. The Balaban J connectivity index is 2.56. The Morgan fingerprint density at radius 1 is 1.18 bits per heavy atom. The monoisotopic (exact) mass is 153 g/mol. The second-order valence-electron chi connectivity index (χ2n) is 3.11. The molecule has 0 unspecified atom stereocenters. The molecule has 1 rings (SSSR count). The lowest BCUT2D eigenvalue weighted by Crippen LogP contribution is -2.40. The molecule has 0 aliphatic carbocycles. The van der Waals surface area contributed by atoms with E-state index in [0.717, 1.165) is 4.48 Å². The summed E-state index contributed by atoms with van der Waals surface area (Å²) in [5.41, 5.74) is 0. The van der Waals surface area contributed by atoms with Crippen LogP contribution in [0, 0.1) is 0 Å². The van der Waals surface area contributed by atoms with E-state index in [1.807, 2.05) is 12.5 Å². The molecule has 1 aliphatic rings. The molecule has 0 spiro atoms. The van der Waals surface area contributed by atoms with Gasteiger partial charge in [0, 0.05) is 0 Å². The van der Waals surface area contributed by atoms with E-state index >= 15 is 0 Å². The van der Waals surface area contributed by atoms with Crippen LogP contribution in [0.25, 0.3) is 0 Å². The third-order valence-corrected chi connectivity index (χ3v) is 2.03. The molecule has 0 saturated heterocycles. The summed E-state index contributed by atoms with van der Waals surface area (Å²) in [7, 11) is 0. The summed E-state index contributed by atoms with van der Waals surface area (Å²) in [5, 5.41) is 0. The van der Waals surface area contributed by atoms with Gasteiger partial charge in [0.1, 0.15) is 6.20 Å². The number of hydrogen-bond acceptors (Lipinski definition) is 1. The average molecular weight is 153 g/mol. The molecule has 1 aliphatic heterocycles. The van der Waals surface area contributed by atoms with Gasteiger partial charge in [-0.1, -0.05) is 13.8 Å².